The molecule has 0 bridgehead atoms. The summed E-state index contributed by atoms with van der Waals surface area (Å²) in [5.74, 6) is 0. The zero-order valence-electron chi connectivity index (χ0n) is 12.3. The summed E-state index contributed by atoms with van der Waals surface area (Å²) in [6.07, 6.45) is 9.72. The third kappa shape index (κ3) is 6.55. The maximum atomic E-state index is 3.62. The van der Waals surface area contributed by atoms with Crippen molar-refractivity contribution in [3.8, 4) is 0 Å². The molecule has 0 aliphatic carbocycles. The summed E-state index contributed by atoms with van der Waals surface area (Å²) in [6, 6.07) is 4.98. The van der Waals surface area contributed by atoms with Gasteiger partial charge in [0.1, 0.15) is 0 Å². The summed E-state index contributed by atoms with van der Waals surface area (Å²) in [5, 5.41) is 3.62. The van der Waals surface area contributed by atoms with E-state index in [4.69, 9.17) is 0 Å². The van der Waals surface area contributed by atoms with Crippen LogP contribution in [0.3, 0.4) is 0 Å². The first-order valence-electron chi connectivity index (χ1n) is 7.53. The first-order chi connectivity index (χ1) is 8.74. The zero-order chi connectivity index (χ0) is 13.2. The molecule has 0 aliphatic rings. The van der Waals surface area contributed by atoms with Gasteiger partial charge in [0, 0.05) is 15.8 Å². The second-order valence-electron chi connectivity index (χ2n) is 5.25. The number of aryl methyl sites for hydroxylation is 1. The fourth-order valence-electron chi connectivity index (χ4n) is 2.19. The molecule has 0 aromatic carbocycles. The Labute approximate surface area is 117 Å². The second-order valence-corrected chi connectivity index (χ2v) is 6.57. The number of hydrogen-bond acceptors (Lipinski definition) is 2. The maximum Gasteiger partial charge on any atom is 0.0386 e. The Kier molecular flexibility index (Phi) is 8.36. The molecule has 1 heterocycles. The number of hydrogen-bond donors (Lipinski definition) is 1. The molecule has 1 N–H and O–H groups in total. The number of unbranched alkanes of at least 4 members (excludes halogenated alkanes) is 6. The van der Waals surface area contributed by atoms with E-state index in [0.717, 1.165) is 6.54 Å². The van der Waals surface area contributed by atoms with Crippen LogP contribution < -0.4 is 5.32 Å². The van der Waals surface area contributed by atoms with Crippen molar-refractivity contribution < 1.29 is 0 Å². The Bertz CT molecular complexity index is 306. The van der Waals surface area contributed by atoms with Gasteiger partial charge in [-0.15, -0.1) is 11.3 Å². The van der Waals surface area contributed by atoms with E-state index in [9.17, 15) is 0 Å². The van der Waals surface area contributed by atoms with Crippen LogP contribution in [-0.4, -0.2) is 6.54 Å². The van der Waals surface area contributed by atoms with Crippen LogP contribution in [-0.2, 0) is 0 Å². The first-order valence-corrected chi connectivity index (χ1v) is 8.35. The van der Waals surface area contributed by atoms with Gasteiger partial charge in [-0.3, -0.25) is 0 Å². The molecule has 1 aromatic heterocycles. The van der Waals surface area contributed by atoms with Gasteiger partial charge >= 0.3 is 0 Å². The zero-order valence-corrected chi connectivity index (χ0v) is 13.1. The molecule has 0 saturated carbocycles. The van der Waals surface area contributed by atoms with Crippen molar-refractivity contribution in [2.45, 2.75) is 71.8 Å². The van der Waals surface area contributed by atoms with Gasteiger partial charge in [0.05, 0.1) is 0 Å². The molecule has 1 aromatic rings. The largest absolute Gasteiger partial charge is 0.309 e. The highest BCUT2D eigenvalue weighted by Gasteiger charge is 2.05. The van der Waals surface area contributed by atoms with Crippen molar-refractivity contribution in [3.05, 3.63) is 21.9 Å². The molecule has 104 valence electrons. The molecule has 0 saturated heterocycles. The Morgan fingerprint density at radius 2 is 1.72 bits per heavy atom. The lowest BCUT2D eigenvalue weighted by Crippen LogP contribution is -2.18. The van der Waals surface area contributed by atoms with Gasteiger partial charge in [-0.1, -0.05) is 45.4 Å². The Morgan fingerprint density at radius 3 is 2.33 bits per heavy atom. The van der Waals surface area contributed by atoms with Crippen LogP contribution in [0.4, 0.5) is 0 Å². The summed E-state index contributed by atoms with van der Waals surface area (Å²) < 4.78 is 0. The summed E-state index contributed by atoms with van der Waals surface area (Å²) in [7, 11) is 0. The molecule has 1 unspecified atom stereocenters. The molecular formula is C16H29NS. The van der Waals surface area contributed by atoms with Crippen LogP contribution in [0.2, 0.25) is 0 Å². The van der Waals surface area contributed by atoms with Gasteiger partial charge < -0.3 is 5.32 Å². The van der Waals surface area contributed by atoms with Gasteiger partial charge in [0.15, 0.2) is 0 Å². The van der Waals surface area contributed by atoms with Crippen LogP contribution >= 0.6 is 11.3 Å². The monoisotopic (exact) mass is 267 g/mol. The quantitative estimate of drug-likeness (QED) is 0.555. The molecule has 2 heteroatoms. The van der Waals surface area contributed by atoms with Gasteiger partial charge in [-0.2, -0.15) is 0 Å². The lowest BCUT2D eigenvalue weighted by Gasteiger charge is -2.11. The molecular weight excluding hydrogens is 238 g/mol. The molecule has 1 rings (SSSR count). The fourth-order valence-corrected chi connectivity index (χ4v) is 3.09. The third-order valence-corrected chi connectivity index (χ3v) is 4.60. The maximum absolute atomic E-state index is 3.62. The summed E-state index contributed by atoms with van der Waals surface area (Å²) in [5.41, 5.74) is 0. The van der Waals surface area contributed by atoms with Gasteiger partial charge in [-0.05, 0) is 38.9 Å². The van der Waals surface area contributed by atoms with Gasteiger partial charge in [0.25, 0.3) is 0 Å². The Balaban J connectivity index is 1.97. The average molecular weight is 267 g/mol. The Hall–Kier alpha value is -0.340. The minimum atomic E-state index is 0.517. The highest BCUT2D eigenvalue weighted by atomic mass is 32.1. The van der Waals surface area contributed by atoms with E-state index in [1.807, 2.05) is 11.3 Å². The summed E-state index contributed by atoms with van der Waals surface area (Å²) >= 11 is 1.91. The number of nitrogens with one attached hydrogen (secondary N) is 1. The normalized spacial score (nSPS) is 12.8. The van der Waals surface area contributed by atoms with Crippen LogP contribution in [0, 0.1) is 6.92 Å². The van der Waals surface area contributed by atoms with Crippen molar-refractivity contribution in [1.29, 1.82) is 0 Å². The van der Waals surface area contributed by atoms with E-state index >= 15 is 0 Å². The fraction of sp³-hybridized carbons (Fsp3) is 0.750. The third-order valence-electron chi connectivity index (χ3n) is 3.42. The number of rotatable bonds is 10. The van der Waals surface area contributed by atoms with E-state index in [0.29, 0.717) is 6.04 Å². The van der Waals surface area contributed by atoms with Crippen molar-refractivity contribution in [1.82, 2.24) is 5.32 Å². The molecule has 0 aliphatic heterocycles. The minimum absolute atomic E-state index is 0.517. The van der Waals surface area contributed by atoms with E-state index in [-0.39, 0.29) is 0 Å². The Morgan fingerprint density at radius 1 is 1.06 bits per heavy atom. The lowest BCUT2D eigenvalue weighted by atomic mass is 10.1. The molecule has 1 nitrogen and oxygen atoms in total. The van der Waals surface area contributed by atoms with Crippen LogP contribution in [0.5, 0.6) is 0 Å². The van der Waals surface area contributed by atoms with Crippen molar-refractivity contribution >= 4 is 11.3 Å². The van der Waals surface area contributed by atoms with Crippen molar-refractivity contribution in [2.75, 3.05) is 6.54 Å². The first kappa shape index (κ1) is 15.7. The van der Waals surface area contributed by atoms with Crippen LogP contribution in [0.1, 0.15) is 74.6 Å². The minimum Gasteiger partial charge on any atom is -0.309 e. The predicted octanol–water partition coefficient (Wildman–Crippen LogP) is 5.46. The molecule has 1 atom stereocenters. The van der Waals surface area contributed by atoms with E-state index < -0.39 is 0 Å². The lowest BCUT2D eigenvalue weighted by molar-refractivity contribution is 0.528. The molecule has 0 fully saturated rings. The SMILES string of the molecule is CCCCCCCCCNC(C)c1ccc(C)s1. The van der Waals surface area contributed by atoms with Crippen molar-refractivity contribution in [3.63, 3.8) is 0 Å². The molecule has 18 heavy (non-hydrogen) atoms. The van der Waals surface area contributed by atoms with Gasteiger partial charge in [-0.25, -0.2) is 0 Å². The highest BCUT2D eigenvalue weighted by Crippen LogP contribution is 2.22. The van der Waals surface area contributed by atoms with Crippen LogP contribution in [0.15, 0.2) is 12.1 Å². The molecule has 0 radical (unpaired) electrons. The molecule has 0 spiro atoms. The number of thiophene rings is 1. The highest BCUT2D eigenvalue weighted by molar-refractivity contribution is 7.12. The standard InChI is InChI=1S/C16H29NS/c1-4-5-6-7-8-9-10-13-17-15(3)16-12-11-14(2)18-16/h11-12,15,17H,4-10,13H2,1-3H3. The topological polar surface area (TPSA) is 12.0 Å². The van der Waals surface area contributed by atoms with Crippen molar-refractivity contribution in [2.24, 2.45) is 0 Å². The van der Waals surface area contributed by atoms with E-state index in [2.05, 4.69) is 38.2 Å². The molecule has 0 amide bonds. The van der Waals surface area contributed by atoms with Gasteiger partial charge in [0.2, 0.25) is 0 Å². The predicted molar refractivity (Wildman–Crippen MR) is 83.5 cm³/mol. The van der Waals surface area contributed by atoms with Crippen LogP contribution in [0.25, 0.3) is 0 Å². The average Bonchev–Trinajstić information content (AvgIpc) is 2.79. The van der Waals surface area contributed by atoms with E-state index in [1.165, 1.54) is 54.7 Å². The smallest absolute Gasteiger partial charge is 0.0386 e. The summed E-state index contributed by atoms with van der Waals surface area (Å²) in [6.45, 7) is 7.88. The van der Waals surface area contributed by atoms with E-state index in [1.54, 1.807) is 0 Å². The second kappa shape index (κ2) is 9.57. The summed E-state index contributed by atoms with van der Waals surface area (Å²) in [4.78, 5) is 2.88.